The van der Waals surface area contributed by atoms with Crippen LogP contribution in [0.15, 0.2) is 30.6 Å². The van der Waals surface area contributed by atoms with E-state index in [1.54, 1.807) is 6.20 Å². The van der Waals surface area contributed by atoms with Crippen LogP contribution in [0.5, 0.6) is 0 Å². The number of hydrogen-bond acceptors (Lipinski definition) is 8. The average molecular weight is 416 g/mol. The molecule has 0 amide bonds. The summed E-state index contributed by atoms with van der Waals surface area (Å²) in [5, 5.41) is 30.6. The van der Waals surface area contributed by atoms with E-state index >= 15 is 0 Å². The third kappa shape index (κ3) is 3.30. The maximum atomic E-state index is 9.93. The number of hydrogen-bond donors (Lipinski definition) is 3. The summed E-state index contributed by atoms with van der Waals surface area (Å²) >= 11 is 0. The Morgan fingerprint density at radius 1 is 1.35 bits per heavy atom. The lowest BCUT2D eigenvalue weighted by atomic mass is 9.83. The summed E-state index contributed by atoms with van der Waals surface area (Å²) in [6.07, 6.45) is 3.52. The highest BCUT2D eigenvalue weighted by atomic mass is 16.3. The van der Waals surface area contributed by atoms with Crippen LogP contribution in [0.4, 0.5) is 17.3 Å². The maximum Gasteiger partial charge on any atom is 0.227 e. The average Bonchev–Trinajstić information content (AvgIpc) is 3.34. The summed E-state index contributed by atoms with van der Waals surface area (Å²) in [4.78, 5) is 11.3. The largest absolute Gasteiger partial charge is 0.395 e. The van der Waals surface area contributed by atoms with Gasteiger partial charge in [-0.2, -0.15) is 10.4 Å². The minimum absolute atomic E-state index is 0.000879. The monoisotopic (exact) mass is 416 g/mol. The molecule has 0 saturated heterocycles. The van der Waals surface area contributed by atoms with Gasteiger partial charge in [0.1, 0.15) is 6.07 Å². The van der Waals surface area contributed by atoms with Gasteiger partial charge in [0, 0.05) is 36.8 Å². The van der Waals surface area contributed by atoms with Crippen molar-refractivity contribution in [1.29, 1.82) is 5.26 Å². The van der Waals surface area contributed by atoms with Crippen molar-refractivity contribution in [3.8, 4) is 17.3 Å². The van der Waals surface area contributed by atoms with Gasteiger partial charge in [-0.1, -0.05) is 6.92 Å². The number of anilines is 3. The van der Waals surface area contributed by atoms with E-state index in [4.69, 9.17) is 4.98 Å². The Morgan fingerprint density at radius 2 is 2.23 bits per heavy atom. The molecule has 158 valence electrons. The highest BCUT2D eigenvalue weighted by molar-refractivity contribution is 5.76. The van der Waals surface area contributed by atoms with Crippen LogP contribution in [0.2, 0.25) is 0 Å². The minimum Gasteiger partial charge on any atom is -0.395 e. The van der Waals surface area contributed by atoms with Gasteiger partial charge in [0.25, 0.3) is 0 Å². The van der Waals surface area contributed by atoms with Gasteiger partial charge in [0.2, 0.25) is 5.95 Å². The quantitative estimate of drug-likeness (QED) is 0.592. The number of aliphatic hydroxyl groups excluding tert-OH is 1. The van der Waals surface area contributed by atoms with E-state index in [9.17, 15) is 10.4 Å². The lowest BCUT2D eigenvalue weighted by molar-refractivity contribution is 0.219. The standard InChI is InChI=1S/C22H24N8O/c1-22(13-31)12-25-20-15(9-23)7-14(8-16(20)22)17-3-4-24-21(27-17)28-18-10-26-30-6-5-29(2)11-19(18)30/h3-4,7-8,10,25,31H,5-6,11-13H2,1-2H3,(H,24,27,28). The van der Waals surface area contributed by atoms with Crippen LogP contribution in [0, 0.1) is 11.3 Å². The maximum absolute atomic E-state index is 9.93. The van der Waals surface area contributed by atoms with Crippen LogP contribution in [0.25, 0.3) is 11.3 Å². The first-order valence-corrected chi connectivity index (χ1v) is 10.3. The van der Waals surface area contributed by atoms with Crippen LogP contribution in [0.1, 0.15) is 23.7 Å². The molecule has 0 aliphatic carbocycles. The van der Waals surface area contributed by atoms with Gasteiger partial charge in [0.15, 0.2) is 0 Å². The topological polar surface area (TPSA) is 115 Å². The Labute approximate surface area is 180 Å². The molecule has 31 heavy (non-hydrogen) atoms. The normalized spacial score (nSPS) is 19.9. The van der Waals surface area contributed by atoms with Gasteiger partial charge in [-0.15, -0.1) is 0 Å². The fourth-order valence-electron chi connectivity index (χ4n) is 4.24. The predicted molar refractivity (Wildman–Crippen MR) is 117 cm³/mol. The van der Waals surface area contributed by atoms with Crippen molar-refractivity contribution >= 4 is 17.3 Å². The smallest absolute Gasteiger partial charge is 0.227 e. The number of nitrogens with zero attached hydrogens (tertiary/aromatic N) is 6. The molecule has 2 aliphatic heterocycles. The number of fused-ring (bicyclic) bond motifs is 2. The highest BCUT2D eigenvalue weighted by Gasteiger charge is 2.36. The van der Waals surface area contributed by atoms with Crippen LogP contribution < -0.4 is 10.6 Å². The second-order valence-electron chi connectivity index (χ2n) is 8.49. The molecule has 4 heterocycles. The molecule has 0 radical (unpaired) electrons. The SMILES string of the molecule is CN1CCn2ncc(Nc3nccc(-c4cc(C#N)c5c(c4)C(C)(CO)CN5)n3)c2C1. The molecule has 1 unspecified atom stereocenters. The van der Waals surface area contributed by atoms with Crippen molar-refractivity contribution in [3.05, 3.63) is 47.4 Å². The Kier molecular flexibility index (Phi) is 4.61. The first-order chi connectivity index (χ1) is 15.0. The second-order valence-corrected chi connectivity index (χ2v) is 8.49. The molecule has 9 nitrogen and oxygen atoms in total. The fourth-order valence-corrected chi connectivity index (χ4v) is 4.24. The van der Waals surface area contributed by atoms with E-state index in [2.05, 4.69) is 38.7 Å². The molecule has 9 heteroatoms. The van der Waals surface area contributed by atoms with Crippen molar-refractivity contribution in [2.75, 3.05) is 37.4 Å². The molecule has 0 saturated carbocycles. The van der Waals surface area contributed by atoms with Gasteiger partial charge in [-0.3, -0.25) is 9.58 Å². The third-order valence-corrected chi connectivity index (χ3v) is 6.17. The van der Waals surface area contributed by atoms with Gasteiger partial charge in [-0.05, 0) is 30.8 Å². The van der Waals surface area contributed by atoms with Crippen molar-refractivity contribution in [1.82, 2.24) is 24.6 Å². The number of nitrogens with one attached hydrogen (secondary N) is 2. The molecule has 3 aromatic rings. The van der Waals surface area contributed by atoms with E-state index < -0.39 is 5.41 Å². The van der Waals surface area contributed by atoms with Gasteiger partial charge < -0.3 is 15.7 Å². The van der Waals surface area contributed by atoms with Gasteiger partial charge >= 0.3 is 0 Å². The summed E-state index contributed by atoms with van der Waals surface area (Å²) in [5.74, 6) is 0.476. The molecule has 0 spiro atoms. The van der Waals surface area contributed by atoms with Crippen LogP contribution in [0.3, 0.4) is 0 Å². The zero-order valence-electron chi connectivity index (χ0n) is 17.6. The van der Waals surface area contributed by atoms with Gasteiger partial charge in [-0.25, -0.2) is 9.97 Å². The third-order valence-electron chi connectivity index (χ3n) is 6.17. The number of aliphatic hydroxyl groups is 1. The summed E-state index contributed by atoms with van der Waals surface area (Å²) in [6.45, 7) is 5.22. The molecule has 0 bridgehead atoms. The van der Waals surface area contributed by atoms with E-state index in [-0.39, 0.29) is 6.61 Å². The molecular formula is C22H24N8O. The number of aromatic nitrogens is 4. The first kappa shape index (κ1) is 19.5. The predicted octanol–water partition coefficient (Wildman–Crippen LogP) is 2.08. The Balaban J connectivity index is 1.50. The molecule has 1 atom stereocenters. The Hall–Kier alpha value is -3.48. The van der Waals surface area contributed by atoms with Crippen molar-refractivity contribution in [3.63, 3.8) is 0 Å². The number of nitriles is 1. The Morgan fingerprint density at radius 3 is 3.03 bits per heavy atom. The second kappa shape index (κ2) is 7.34. The molecular weight excluding hydrogens is 392 g/mol. The molecule has 1 aromatic carbocycles. The molecule has 2 aromatic heterocycles. The lowest BCUT2D eigenvalue weighted by Gasteiger charge is -2.24. The van der Waals surface area contributed by atoms with Crippen LogP contribution in [-0.2, 0) is 18.5 Å². The lowest BCUT2D eigenvalue weighted by Crippen LogP contribution is -2.30. The summed E-state index contributed by atoms with van der Waals surface area (Å²) in [6, 6.07) is 7.94. The van der Waals surface area contributed by atoms with Crippen molar-refractivity contribution in [2.24, 2.45) is 0 Å². The van der Waals surface area contributed by atoms with E-state index in [1.807, 2.05) is 36.0 Å². The van der Waals surface area contributed by atoms with Crippen molar-refractivity contribution in [2.45, 2.75) is 25.4 Å². The van der Waals surface area contributed by atoms with E-state index in [0.717, 1.165) is 47.8 Å². The molecule has 2 aliphatic rings. The molecule has 3 N–H and O–H groups in total. The van der Waals surface area contributed by atoms with E-state index in [0.29, 0.717) is 23.8 Å². The number of benzene rings is 1. The van der Waals surface area contributed by atoms with Gasteiger partial charge in [0.05, 0.1) is 47.7 Å². The highest BCUT2D eigenvalue weighted by Crippen LogP contribution is 2.41. The first-order valence-electron chi connectivity index (χ1n) is 10.3. The number of likely N-dealkylation sites (N-methyl/N-ethyl adjacent to an activating group) is 1. The number of rotatable bonds is 4. The van der Waals surface area contributed by atoms with Crippen molar-refractivity contribution < 1.29 is 5.11 Å². The molecule has 5 rings (SSSR count). The van der Waals surface area contributed by atoms with Crippen LogP contribution in [-0.4, -0.2) is 56.5 Å². The summed E-state index contributed by atoms with van der Waals surface area (Å²) in [7, 11) is 2.09. The summed E-state index contributed by atoms with van der Waals surface area (Å²) < 4.78 is 2.01. The zero-order chi connectivity index (χ0) is 21.6. The van der Waals surface area contributed by atoms with Crippen LogP contribution >= 0.6 is 0 Å². The summed E-state index contributed by atoms with van der Waals surface area (Å²) in [5.41, 5.74) is 5.38. The minimum atomic E-state index is -0.436. The van der Waals surface area contributed by atoms with E-state index in [1.165, 1.54) is 0 Å². The molecule has 0 fully saturated rings. The zero-order valence-corrected chi connectivity index (χ0v) is 17.6. The fraction of sp³-hybridized carbons (Fsp3) is 0.364. The Bertz CT molecular complexity index is 1200.